The Morgan fingerprint density at radius 2 is 2.04 bits per heavy atom. The molecule has 0 N–H and O–H groups in total. The maximum absolute atomic E-state index is 5.90. The SMILES string of the molecule is Cc1ccc2oc(-c3noc(/C=C/c4cccs4)n3)c(C)c2c1. The van der Waals surface area contributed by atoms with E-state index in [1.807, 2.05) is 48.7 Å². The predicted octanol–water partition coefficient (Wildman–Crippen LogP) is 5.33. The summed E-state index contributed by atoms with van der Waals surface area (Å²) in [5, 5.41) is 7.15. The van der Waals surface area contributed by atoms with Crippen molar-refractivity contribution in [2.45, 2.75) is 13.8 Å². The number of aryl methyl sites for hydroxylation is 2. The largest absolute Gasteiger partial charge is 0.452 e. The van der Waals surface area contributed by atoms with Crippen LogP contribution in [0.3, 0.4) is 0 Å². The Labute approximate surface area is 137 Å². The standard InChI is InChI=1S/C18H14N2O2S/c1-11-5-7-15-14(10-11)12(2)17(21-15)18-19-16(22-20-18)8-6-13-4-3-9-23-13/h3-10H,1-2H3/b8-6+. The number of benzene rings is 1. The van der Waals surface area contributed by atoms with E-state index in [0.717, 1.165) is 21.4 Å². The Morgan fingerprint density at radius 3 is 2.87 bits per heavy atom. The van der Waals surface area contributed by atoms with Gasteiger partial charge in [-0.15, -0.1) is 11.3 Å². The first-order valence-corrected chi connectivity index (χ1v) is 8.14. The monoisotopic (exact) mass is 322 g/mol. The van der Waals surface area contributed by atoms with Crippen molar-refractivity contribution in [3.63, 3.8) is 0 Å². The van der Waals surface area contributed by atoms with Crippen LogP contribution in [0.2, 0.25) is 0 Å². The first kappa shape index (κ1) is 14.0. The lowest BCUT2D eigenvalue weighted by Crippen LogP contribution is -1.80. The van der Waals surface area contributed by atoms with Crippen molar-refractivity contribution in [1.82, 2.24) is 10.1 Å². The van der Waals surface area contributed by atoms with E-state index in [1.165, 1.54) is 5.56 Å². The molecule has 114 valence electrons. The van der Waals surface area contributed by atoms with Crippen LogP contribution in [-0.2, 0) is 0 Å². The molecule has 5 heteroatoms. The summed E-state index contributed by atoms with van der Waals surface area (Å²) in [6, 6.07) is 10.1. The van der Waals surface area contributed by atoms with Gasteiger partial charge in [0, 0.05) is 21.9 Å². The summed E-state index contributed by atoms with van der Waals surface area (Å²) in [4.78, 5) is 5.54. The summed E-state index contributed by atoms with van der Waals surface area (Å²) in [5.41, 5.74) is 3.06. The van der Waals surface area contributed by atoms with Crippen molar-refractivity contribution in [1.29, 1.82) is 0 Å². The number of rotatable bonds is 3. The van der Waals surface area contributed by atoms with Crippen LogP contribution in [0.15, 0.2) is 44.7 Å². The van der Waals surface area contributed by atoms with Crippen LogP contribution in [0.1, 0.15) is 21.9 Å². The first-order chi connectivity index (χ1) is 11.2. The highest BCUT2D eigenvalue weighted by atomic mass is 32.1. The molecule has 0 atom stereocenters. The quantitative estimate of drug-likeness (QED) is 0.511. The highest BCUT2D eigenvalue weighted by Gasteiger charge is 2.17. The highest BCUT2D eigenvalue weighted by Crippen LogP contribution is 2.32. The number of thiophene rings is 1. The molecule has 0 unspecified atom stereocenters. The normalized spacial score (nSPS) is 11.7. The van der Waals surface area contributed by atoms with E-state index in [2.05, 4.69) is 23.1 Å². The summed E-state index contributed by atoms with van der Waals surface area (Å²) >= 11 is 1.66. The second-order valence-corrected chi connectivity index (χ2v) is 6.34. The molecule has 4 nitrogen and oxygen atoms in total. The lowest BCUT2D eigenvalue weighted by atomic mass is 10.1. The van der Waals surface area contributed by atoms with E-state index in [-0.39, 0.29) is 0 Å². The molecule has 3 heterocycles. The molecule has 0 aliphatic rings. The van der Waals surface area contributed by atoms with Crippen molar-refractivity contribution in [2.24, 2.45) is 0 Å². The molecule has 0 saturated carbocycles. The van der Waals surface area contributed by atoms with E-state index >= 15 is 0 Å². The highest BCUT2D eigenvalue weighted by molar-refractivity contribution is 7.10. The first-order valence-electron chi connectivity index (χ1n) is 7.26. The third-order valence-corrected chi connectivity index (χ3v) is 4.51. The van der Waals surface area contributed by atoms with Crippen LogP contribution in [-0.4, -0.2) is 10.1 Å². The molecule has 0 radical (unpaired) electrons. The Bertz CT molecular complexity index is 994. The van der Waals surface area contributed by atoms with Gasteiger partial charge in [-0.3, -0.25) is 0 Å². The van der Waals surface area contributed by atoms with Crippen LogP contribution in [0.25, 0.3) is 34.7 Å². The zero-order valence-corrected chi connectivity index (χ0v) is 13.6. The van der Waals surface area contributed by atoms with E-state index in [9.17, 15) is 0 Å². The number of hydrogen-bond donors (Lipinski definition) is 0. The molecule has 0 amide bonds. The van der Waals surface area contributed by atoms with Crippen molar-refractivity contribution >= 4 is 34.5 Å². The fourth-order valence-electron chi connectivity index (χ4n) is 2.48. The Hall–Kier alpha value is -2.66. The van der Waals surface area contributed by atoms with E-state index in [1.54, 1.807) is 11.3 Å². The average Bonchev–Trinajstić information content (AvgIpc) is 3.26. The number of furan rings is 1. The number of aromatic nitrogens is 2. The topological polar surface area (TPSA) is 52.1 Å². The van der Waals surface area contributed by atoms with Crippen LogP contribution in [0.4, 0.5) is 0 Å². The van der Waals surface area contributed by atoms with Gasteiger partial charge in [0.1, 0.15) is 5.58 Å². The molecular formula is C18H14N2O2S. The van der Waals surface area contributed by atoms with Gasteiger partial charge in [0.05, 0.1) is 0 Å². The van der Waals surface area contributed by atoms with E-state index in [4.69, 9.17) is 8.94 Å². The molecule has 0 bridgehead atoms. The molecule has 23 heavy (non-hydrogen) atoms. The minimum atomic E-state index is 0.462. The number of fused-ring (bicyclic) bond motifs is 1. The average molecular weight is 322 g/mol. The molecule has 1 aromatic carbocycles. The van der Waals surface area contributed by atoms with Gasteiger partial charge in [-0.1, -0.05) is 22.9 Å². The van der Waals surface area contributed by atoms with Gasteiger partial charge < -0.3 is 8.94 Å². The lowest BCUT2D eigenvalue weighted by molar-refractivity contribution is 0.409. The van der Waals surface area contributed by atoms with Crippen molar-refractivity contribution < 1.29 is 8.94 Å². The summed E-state index contributed by atoms with van der Waals surface area (Å²) in [5.74, 6) is 1.59. The van der Waals surface area contributed by atoms with Crippen LogP contribution in [0.5, 0.6) is 0 Å². The second kappa shape index (κ2) is 5.52. The van der Waals surface area contributed by atoms with Gasteiger partial charge in [-0.05, 0) is 43.5 Å². The molecule has 3 aromatic heterocycles. The Kier molecular flexibility index (Phi) is 3.35. The van der Waals surface area contributed by atoms with Gasteiger partial charge in [-0.2, -0.15) is 4.98 Å². The van der Waals surface area contributed by atoms with Crippen molar-refractivity contribution in [3.05, 3.63) is 57.6 Å². The smallest absolute Gasteiger partial charge is 0.251 e. The molecule has 4 rings (SSSR count). The van der Waals surface area contributed by atoms with E-state index < -0.39 is 0 Å². The maximum atomic E-state index is 5.90. The third kappa shape index (κ3) is 2.59. The second-order valence-electron chi connectivity index (χ2n) is 5.36. The van der Waals surface area contributed by atoms with Crippen LogP contribution in [0, 0.1) is 13.8 Å². The zero-order valence-electron chi connectivity index (χ0n) is 12.7. The van der Waals surface area contributed by atoms with Crippen molar-refractivity contribution in [3.8, 4) is 11.6 Å². The Morgan fingerprint density at radius 1 is 1.13 bits per heavy atom. The summed E-state index contributed by atoms with van der Waals surface area (Å²) in [6.45, 7) is 4.07. The minimum Gasteiger partial charge on any atom is -0.452 e. The van der Waals surface area contributed by atoms with Gasteiger partial charge in [0.2, 0.25) is 5.82 Å². The number of hydrogen-bond acceptors (Lipinski definition) is 5. The van der Waals surface area contributed by atoms with Crippen molar-refractivity contribution in [2.75, 3.05) is 0 Å². The summed E-state index contributed by atoms with van der Waals surface area (Å²) < 4.78 is 11.2. The van der Waals surface area contributed by atoms with Gasteiger partial charge >= 0.3 is 0 Å². The molecule has 0 aliphatic carbocycles. The maximum Gasteiger partial charge on any atom is 0.251 e. The van der Waals surface area contributed by atoms with Gasteiger partial charge in [0.25, 0.3) is 5.89 Å². The van der Waals surface area contributed by atoms with Crippen LogP contribution < -0.4 is 0 Å². The molecule has 0 saturated heterocycles. The fourth-order valence-corrected chi connectivity index (χ4v) is 3.10. The zero-order chi connectivity index (χ0) is 15.8. The number of nitrogens with zero attached hydrogens (tertiary/aromatic N) is 2. The van der Waals surface area contributed by atoms with Gasteiger partial charge in [-0.25, -0.2) is 0 Å². The molecule has 0 fully saturated rings. The Balaban J connectivity index is 1.70. The molecule has 0 aliphatic heterocycles. The van der Waals surface area contributed by atoms with Crippen LogP contribution >= 0.6 is 11.3 Å². The van der Waals surface area contributed by atoms with Gasteiger partial charge in [0.15, 0.2) is 5.76 Å². The third-order valence-electron chi connectivity index (χ3n) is 3.67. The fraction of sp³-hybridized carbons (Fsp3) is 0.111. The summed E-state index contributed by atoms with van der Waals surface area (Å²) in [7, 11) is 0. The molecular weight excluding hydrogens is 308 g/mol. The summed E-state index contributed by atoms with van der Waals surface area (Å²) in [6.07, 6.45) is 3.77. The molecule has 4 aromatic rings. The predicted molar refractivity (Wildman–Crippen MR) is 92.2 cm³/mol. The molecule has 0 spiro atoms. The lowest BCUT2D eigenvalue weighted by Gasteiger charge is -1.91. The van der Waals surface area contributed by atoms with E-state index in [0.29, 0.717) is 17.5 Å². The minimum absolute atomic E-state index is 0.462.